The zero-order valence-electron chi connectivity index (χ0n) is 12.4. The van der Waals surface area contributed by atoms with E-state index in [2.05, 4.69) is 12.2 Å². The number of nitrogens with two attached hydrogens (primary N) is 1. The summed E-state index contributed by atoms with van der Waals surface area (Å²) in [5, 5.41) is 3.04. The van der Waals surface area contributed by atoms with E-state index in [4.69, 9.17) is 10.5 Å². The van der Waals surface area contributed by atoms with Crippen molar-refractivity contribution >= 4 is 11.6 Å². The molecule has 3 N–H and O–H groups in total. The molecule has 0 spiro atoms. The molecule has 0 aliphatic heterocycles. The fraction of sp³-hybridized carbons (Fsp3) is 0.562. The lowest BCUT2D eigenvalue weighted by Crippen LogP contribution is -2.30. The van der Waals surface area contributed by atoms with Gasteiger partial charge in [0.1, 0.15) is 0 Å². The van der Waals surface area contributed by atoms with Crippen LogP contribution in [0.1, 0.15) is 49.9 Å². The Hall–Kier alpha value is -1.71. The van der Waals surface area contributed by atoms with Gasteiger partial charge in [0.05, 0.1) is 17.9 Å². The van der Waals surface area contributed by atoms with Gasteiger partial charge < -0.3 is 15.8 Å². The van der Waals surface area contributed by atoms with Crippen LogP contribution in [0.2, 0.25) is 0 Å². The number of anilines is 1. The number of benzene rings is 1. The van der Waals surface area contributed by atoms with Crippen LogP contribution >= 0.6 is 0 Å². The zero-order valence-corrected chi connectivity index (χ0v) is 12.4. The number of hydrogen-bond donors (Lipinski definition) is 2. The molecule has 2 rings (SSSR count). The molecule has 1 saturated carbocycles. The topological polar surface area (TPSA) is 64.4 Å². The van der Waals surface area contributed by atoms with Gasteiger partial charge in [-0.15, -0.1) is 0 Å². The Labute approximate surface area is 120 Å². The lowest BCUT2D eigenvalue weighted by molar-refractivity contribution is 0.0940. The van der Waals surface area contributed by atoms with Crippen LogP contribution in [0.5, 0.6) is 5.75 Å². The second-order valence-corrected chi connectivity index (χ2v) is 5.59. The van der Waals surface area contributed by atoms with E-state index in [1.165, 1.54) is 25.7 Å². The van der Waals surface area contributed by atoms with E-state index >= 15 is 0 Å². The standard InChI is InChI=1S/C16H24N2O2/c1-3-8-16(9-10-16)11-18-15(19)12-6-5-7-13(17)14(12)20-4-2/h5-7H,3-4,8-11,17H2,1-2H3,(H,18,19). The molecule has 4 nitrogen and oxygen atoms in total. The molecule has 1 aliphatic rings. The second kappa shape index (κ2) is 6.16. The average Bonchev–Trinajstić information content (AvgIpc) is 3.19. The molecule has 0 heterocycles. The van der Waals surface area contributed by atoms with Crippen LogP contribution in [-0.2, 0) is 0 Å². The summed E-state index contributed by atoms with van der Waals surface area (Å²) < 4.78 is 5.50. The Kier molecular flexibility index (Phi) is 4.53. The van der Waals surface area contributed by atoms with Gasteiger partial charge in [-0.25, -0.2) is 0 Å². The smallest absolute Gasteiger partial charge is 0.255 e. The minimum atomic E-state index is -0.0943. The van der Waals surface area contributed by atoms with Gasteiger partial charge in [0.15, 0.2) is 5.75 Å². The Morgan fingerprint density at radius 3 is 2.75 bits per heavy atom. The van der Waals surface area contributed by atoms with Crippen molar-refractivity contribution in [3.63, 3.8) is 0 Å². The molecule has 0 saturated heterocycles. The minimum absolute atomic E-state index is 0.0943. The van der Waals surface area contributed by atoms with Crippen molar-refractivity contribution in [3.8, 4) is 5.75 Å². The van der Waals surface area contributed by atoms with Crippen molar-refractivity contribution in [1.82, 2.24) is 5.32 Å². The molecule has 0 atom stereocenters. The summed E-state index contributed by atoms with van der Waals surface area (Å²) >= 11 is 0. The van der Waals surface area contributed by atoms with E-state index in [-0.39, 0.29) is 5.91 Å². The van der Waals surface area contributed by atoms with Crippen molar-refractivity contribution in [3.05, 3.63) is 23.8 Å². The molecule has 1 aromatic rings. The van der Waals surface area contributed by atoms with Crippen molar-refractivity contribution < 1.29 is 9.53 Å². The van der Waals surface area contributed by atoms with Crippen LogP contribution in [0.4, 0.5) is 5.69 Å². The van der Waals surface area contributed by atoms with E-state index in [1.807, 2.05) is 6.92 Å². The molecule has 0 bridgehead atoms. The average molecular weight is 276 g/mol. The number of carbonyl (C=O) groups is 1. The Morgan fingerprint density at radius 2 is 2.15 bits per heavy atom. The van der Waals surface area contributed by atoms with E-state index in [1.54, 1.807) is 18.2 Å². The number of nitrogens with one attached hydrogen (secondary N) is 1. The Balaban J connectivity index is 2.04. The predicted molar refractivity (Wildman–Crippen MR) is 80.9 cm³/mol. The van der Waals surface area contributed by atoms with Crippen LogP contribution < -0.4 is 15.8 Å². The number of amides is 1. The number of para-hydroxylation sites is 1. The van der Waals surface area contributed by atoms with E-state index in [0.717, 1.165) is 6.54 Å². The number of hydrogen-bond acceptors (Lipinski definition) is 3. The Morgan fingerprint density at radius 1 is 1.40 bits per heavy atom. The number of ether oxygens (including phenoxy) is 1. The lowest BCUT2D eigenvalue weighted by Gasteiger charge is -2.16. The van der Waals surface area contributed by atoms with Gasteiger partial charge in [-0.3, -0.25) is 4.79 Å². The van der Waals surface area contributed by atoms with Crippen LogP contribution in [0.3, 0.4) is 0 Å². The van der Waals surface area contributed by atoms with E-state index in [0.29, 0.717) is 29.0 Å². The zero-order chi connectivity index (χ0) is 14.6. The highest BCUT2D eigenvalue weighted by molar-refractivity contribution is 5.98. The summed E-state index contributed by atoms with van der Waals surface area (Å²) in [6.45, 7) is 5.32. The van der Waals surface area contributed by atoms with Gasteiger partial charge >= 0.3 is 0 Å². The van der Waals surface area contributed by atoms with Crippen molar-refractivity contribution in [2.45, 2.75) is 39.5 Å². The summed E-state index contributed by atoms with van der Waals surface area (Å²) in [5.74, 6) is 0.399. The molecular weight excluding hydrogens is 252 g/mol. The molecule has 1 aliphatic carbocycles. The first-order valence-corrected chi connectivity index (χ1v) is 7.41. The highest BCUT2D eigenvalue weighted by Gasteiger charge is 2.41. The highest BCUT2D eigenvalue weighted by Crippen LogP contribution is 2.49. The molecule has 1 aromatic carbocycles. The minimum Gasteiger partial charge on any atom is -0.491 e. The SMILES string of the molecule is CCCC1(CNC(=O)c2cccc(N)c2OCC)CC1. The number of nitrogen functional groups attached to an aromatic ring is 1. The molecule has 20 heavy (non-hydrogen) atoms. The van der Waals surface area contributed by atoms with Crippen LogP contribution in [-0.4, -0.2) is 19.1 Å². The van der Waals surface area contributed by atoms with E-state index in [9.17, 15) is 4.79 Å². The van der Waals surface area contributed by atoms with E-state index < -0.39 is 0 Å². The van der Waals surface area contributed by atoms with Gasteiger partial charge in [0.25, 0.3) is 5.91 Å². The maximum atomic E-state index is 12.3. The molecule has 1 fully saturated rings. The van der Waals surface area contributed by atoms with Crippen molar-refractivity contribution in [2.24, 2.45) is 5.41 Å². The van der Waals surface area contributed by atoms with Gasteiger partial charge in [-0.1, -0.05) is 19.4 Å². The summed E-state index contributed by atoms with van der Waals surface area (Å²) in [6.07, 6.45) is 4.79. The predicted octanol–water partition coefficient (Wildman–Crippen LogP) is 2.98. The monoisotopic (exact) mass is 276 g/mol. The summed E-state index contributed by atoms with van der Waals surface area (Å²) in [5.41, 5.74) is 7.26. The van der Waals surface area contributed by atoms with Crippen molar-refractivity contribution in [1.29, 1.82) is 0 Å². The fourth-order valence-electron chi connectivity index (χ4n) is 2.62. The van der Waals surface area contributed by atoms with Gasteiger partial charge in [-0.05, 0) is 43.7 Å². The quantitative estimate of drug-likeness (QED) is 0.752. The van der Waals surface area contributed by atoms with Gasteiger partial charge in [-0.2, -0.15) is 0 Å². The first-order chi connectivity index (χ1) is 9.62. The number of carbonyl (C=O) groups excluding carboxylic acids is 1. The third kappa shape index (κ3) is 3.24. The van der Waals surface area contributed by atoms with Crippen LogP contribution in [0.25, 0.3) is 0 Å². The fourth-order valence-corrected chi connectivity index (χ4v) is 2.62. The molecular formula is C16H24N2O2. The van der Waals surface area contributed by atoms with Crippen LogP contribution in [0.15, 0.2) is 18.2 Å². The molecule has 0 radical (unpaired) electrons. The normalized spacial score (nSPS) is 15.7. The summed E-state index contributed by atoms with van der Waals surface area (Å²) in [6, 6.07) is 5.29. The molecule has 0 unspecified atom stereocenters. The van der Waals surface area contributed by atoms with Crippen LogP contribution in [0, 0.1) is 5.41 Å². The first kappa shape index (κ1) is 14.7. The van der Waals surface area contributed by atoms with Gasteiger partial charge in [0.2, 0.25) is 0 Å². The largest absolute Gasteiger partial charge is 0.491 e. The van der Waals surface area contributed by atoms with Gasteiger partial charge in [0, 0.05) is 6.54 Å². The first-order valence-electron chi connectivity index (χ1n) is 7.41. The Bertz CT molecular complexity index is 481. The molecule has 0 aromatic heterocycles. The highest BCUT2D eigenvalue weighted by atomic mass is 16.5. The molecule has 110 valence electrons. The third-order valence-electron chi connectivity index (χ3n) is 3.94. The third-order valence-corrected chi connectivity index (χ3v) is 3.94. The summed E-state index contributed by atoms with van der Waals surface area (Å²) in [4.78, 5) is 12.3. The second-order valence-electron chi connectivity index (χ2n) is 5.59. The maximum absolute atomic E-state index is 12.3. The number of rotatable bonds is 7. The maximum Gasteiger partial charge on any atom is 0.255 e. The summed E-state index contributed by atoms with van der Waals surface area (Å²) in [7, 11) is 0. The molecule has 4 heteroatoms. The molecule has 1 amide bonds. The lowest BCUT2D eigenvalue weighted by atomic mass is 10.0. The van der Waals surface area contributed by atoms with Crippen molar-refractivity contribution in [2.75, 3.05) is 18.9 Å².